The second-order valence-corrected chi connectivity index (χ2v) is 7.91. The summed E-state index contributed by atoms with van der Waals surface area (Å²) in [7, 11) is 0. The molecule has 1 aliphatic carbocycles. The van der Waals surface area contributed by atoms with Crippen molar-refractivity contribution >= 4 is 35.0 Å². The molecule has 2 aromatic heterocycles. The molecule has 1 aromatic carbocycles. The quantitative estimate of drug-likeness (QED) is 0.539. The van der Waals surface area contributed by atoms with E-state index >= 15 is 0 Å². The molecule has 1 aliphatic rings. The second kappa shape index (κ2) is 9.08. The number of rotatable bonds is 8. The van der Waals surface area contributed by atoms with Crippen LogP contribution in [0.2, 0.25) is 0 Å². The zero-order valence-corrected chi connectivity index (χ0v) is 17.4. The lowest BCUT2D eigenvalue weighted by molar-refractivity contribution is -0.117. The number of amides is 2. The van der Waals surface area contributed by atoms with Crippen molar-refractivity contribution in [2.45, 2.75) is 31.5 Å². The molecule has 154 valence electrons. The first-order valence-electron chi connectivity index (χ1n) is 9.81. The molecule has 1 saturated carbocycles. The van der Waals surface area contributed by atoms with Gasteiger partial charge in [-0.2, -0.15) is 0 Å². The van der Waals surface area contributed by atoms with Gasteiger partial charge >= 0.3 is 0 Å². The van der Waals surface area contributed by atoms with Crippen LogP contribution in [-0.4, -0.2) is 37.3 Å². The lowest BCUT2D eigenvalue weighted by atomic mass is 10.2. The molecule has 9 heteroatoms. The van der Waals surface area contributed by atoms with Crippen molar-refractivity contribution in [3.05, 3.63) is 48.8 Å². The van der Waals surface area contributed by atoms with E-state index in [1.165, 1.54) is 11.8 Å². The predicted molar refractivity (Wildman–Crippen MR) is 116 cm³/mol. The summed E-state index contributed by atoms with van der Waals surface area (Å²) in [6.07, 6.45) is 5.33. The number of benzene rings is 1. The monoisotopic (exact) mass is 422 g/mol. The SMILES string of the molecule is CCn1c(SCC(=O)Nc2cccc(NC(=O)C3CC3)c2)nnc1-c1ccncc1. The Morgan fingerprint density at radius 3 is 2.53 bits per heavy atom. The Bertz CT molecular complexity index is 1050. The van der Waals surface area contributed by atoms with E-state index in [0.717, 1.165) is 24.2 Å². The van der Waals surface area contributed by atoms with Crippen LogP contribution in [0.1, 0.15) is 19.8 Å². The zero-order valence-electron chi connectivity index (χ0n) is 16.5. The van der Waals surface area contributed by atoms with Crippen LogP contribution in [0.5, 0.6) is 0 Å². The van der Waals surface area contributed by atoms with Crippen molar-refractivity contribution in [1.29, 1.82) is 0 Å². The van der Waals surface area contributed by atoms with Gasteiger partial charge in [-0.25, -0.2) is 0 Å². The molecule has 0 bridgehead atoms. The Morgan fingerprint density at radius 2 is 1.83 bits per heavy atom. The fourth-order valence-corrected chi connectivity index (χ4v) is 3.79. The van der Waals surface area contributed by atoms with Gasteiger partial charge < -0.3 is 15.2 Å². The first-order valence-corrected chi connectivity index (χ1v) is 10.8. The number of carbonyl (C=O) groups is 2. The topological polar surface area (TPSA) is 102 Å². The largest absolute Gasteiger partial charge is 0.326 e. The fourth-order valence-electron chi connectivity index (χ4n) is 2.99. The molecule has 2 heterocycles. The normalized spacial score (nSPS) is 13.1. The standard InChI is InChI=1S/C21H22N6O2S/c1-2-27-19(14-8-10-22-11-9-14)25-26-21(27)30-13-18(28)23-16-4-3-5-17(12-16)24-20(29)15-6-7-15/h3-5,8-12,15H,2,6-7,13H2,1H3,(H,23,28)(H,24,29). The molecular formula is C21H22N6O2S. The van der Waals surface area contributed by atoms with Crippen LogP contribution in [0.4, 0.5) is 11.4 Å². The number of hydrogen-bond acceptors (Lipinski definition) is 6. The number of nitrogens with zero attached hydrogens (tertiary/aromatic N) is 4. The molecule has 0 saturated heterocycles. The molecule has 0 aliphatic heterocycles. The van der Waals surface area contributed by atoms with Crippen LogP contribution in [0.15, 0.2) is 53.9 Å². The van der Waals surface area contributed by atoms with Crippen LogP contribution >= 0.6 is 11.8 Å². The number of hydrogen-bond donors (Lipinski definition) is 2. The van der Waals surface area contributed by atoms with E-state index in [4.69, 9.17) is 0 Å². The molecule has 8 nitrogen and oxygen atoms in total. The van der Waals surface area contributed by atoms with Gasteiger partial charge in [0.15, 0.2) is 11.0 Å². The van der Waals surface area contributed by atoms with Gasteiger partial charge in [0, 0.05) is 41.8 Å². The molecule has 0 unspecified atom stereocenters. The Balaban J connectivity index is 1.36. The second-order valence-electron chi connectivity index (χ2n) is 6.97. The fraction of sp³-hybridized carbons (Fsp3) is 0.286. The summed E-state index contributed by atoms with van der Waals surface area (Å²) in [6.45, 7) is 2.71. The van der Waals surface area contributed by atoms with Crippen molar-refractivity contribution in [2.24, 2.45) is 5.92 Å². The Morgan fingerprint density at radius 1 is 1.10 bits per heavy atom. The van der Waals surface area contributed by atoms with E-state index in [1.54, 1.807) is 30.6 Å². The van der Waals surface area contributed by atoms with Crippen molar-refractivity contribution in [3.8, 4) is 11.4 Å². The van der Waals surface area contributed by atoms with Crippen LogP contribution in [0, 0.1) is 5.92 Å². The minimum absolute atomic E-state index is 0.0398. The highest BCUT2D eigenvalue weighted by Crippen LogP contribution is 2.30. The number of nitrogens with one attached hydrogen (secondary N) is 2. The number of aromatic nitrogens is 4. The van der Waals surface area contributed by atoms with E-state index in [1.807, 2.05) is 29.7 Å². The summed E-state index contributed by atoms with van der Waals surface area (Å²) in [6, 6.07) is 10.9. The average Bonchev–Trinajstić information content (AvgIpc) is 3.53. The summed E-state index contributed by atoms with van der Waals surface area (Å²) in [5, 5.41) is 15.0. The summed E-state index contributed by atoms with van der Waals surface area (Å²) in [5.74, 6) is 0.974. The summed E-state index contributed by atoms with van der Waals surface area (Å²) in [4.78, 5) is 28.4. The maximum atomic E-state index is 12.4. The van der Waals surface area contributed by atoms with Gasteiger partial charge in [-0.1, -0.05) is 17.8 Å². The number of thioether (sulfide) groups is 1. The van der Waals surface area contributed by atoms with Crippen LogP contribution in [0.25, 0.3) is 11.4 Å². The molecule has 2 amide bonds. The third-order valence-corrected chi connectivity index (χ3v) is 5.63. The Labute approximate surface area is 178 Å². The van der Waals surface area contributed by atoms with Gasteiger partial charge in [0.2, 0.25) is 11.8 Å². The maximum Gasteiger partial charge on any atom is 0.234 e. The van der Waals surface area contributed by atoms with E-state index in [-0.39, 0.29) is 23.5 Å². The summed E-state index contributed by atoms with van der Waals surface area (Å²) in [5.41, 5.74) is 2.26. The smallest absolute Gasteiger partial charge is 0.234 e. The average molecular weight is 423 g/mol. The van der Waals surface area contributed by atoms with E-state index in [0.29, 0.717) is 23.1 Å². The first kappa shape index (κ1) is 20.1. The molecular weight excluding hydrogens is 400 g/mol. The highest BCUT2D eigenvalue weighted by Gasteiger charge is 2.29. The molecule has 0 atom stereocenters. The molecule has 0 spiro atoms. The van der Waals surface area contributed by atoms with Gasteiger partial charge in [0.1, 0.15) is 0 Å². The lowest BCUT2D eigenvalue weighted by Gasteiger charge is -2.09. The van der Waals surface area contributed by atoms with E-state index in [2.05, 4.69) is 25.8 Å². The summed E-state index contributed by atoms with van der Waals surface area (Å²) < 4.78 is 1.97. The van der Waals surface area contributed by atoms with Crippen molar-refractivity contribution in [2.75, 3.05) is 16.4 Å². The highest BCUT2D eigenvalue weighted by molar-refractivity contribution is 7.99. The third kappa shape index (κ3) is 4.85. The maximum absolute atomic E-state index is 12.4. The Hall–Kier alpha value is -3.20. The summed E-state index contributed by atoms with van der Waals surface area (Å²) >= 11 is 1.33. The first-order chi connectivity index (χ1) is 14.6. The van der Waals surface area contributed by atoms with E-state index in [9.17, 15) is 9.59 Å². The van der Waals surface area contributed by atoms with Gasteiger partial charge in [0.05, 0.1) is 5.75 Å². The molecule has 30 heavy (non-hydrogen) atoms. The number of pyridine rings is 1. The highest BCUT2D eigenvalue weighted by atomic mass is 32.2. The van der Waals surface area contributed by atoms with Gasteiger partial charge in [-0.05, 0) is 50.1 Å². The van der Waals surface area contributed by atoms with Crippen LogP contribution in [0.3, 0.4) is 0 Å². The molecule has 2 N–H and O–H groups in total. The predicted octanol–water partition coefficient (Wildman–Crippen LogP) is 3.44. The van der Waals surface area contributed by atoms with Crippen molar-refractivity contribution < 1.29 is 9.59 Å². The Kier molecular flexibility index (Phi) is 6.08. The zero-order chi connectivity index (χ0) is 20.9. The molecule has 4 rings (SSSR count). The minimum Gasteiger partial charge on any atom is -0.326 e. The lowest BCUT2D eigenvalue weighted by Crippen LogP contribution is -2.16. The molecule has 0 radical (unpaired) electrons. The van der Waals surface area contributed by atoms with Crippen LogP contribution in [-0.2, 0) is 16.1 Å². The van der Waals surface area contributed by atoms with E-state index < -0.39 is 0 Å². The van der Waals surface area contributed by atoms with Gasteiger partial charge in [0.25, 0.3) is 0 Å². The van der Waals surface area contributed by atoms with Crippen LogP contribution < -0.4 is 10.6 Å². The minimum atomic E-state index is -0.151. The van der Waals surface area contributed by atoms with Crippen molar-refractivity contribution in [3.63, 3.8) is 0 Å². The van der Waals surface area contributed by atoms with Gasteiger partial charge in [-0.15, -0.1) is 10.2 Å². The third-order valence-electron chi connectivity index (χ3n) is 4.67. The molecule has 1 fully saturated rings. The number of anilines is 2. The molecule has 3 aromatic rings. The van der Waals surface area contributed by atoms with Crippen molar-refractivity contribution in [1.82, 2.24) is 19.7 Å². The van der Waals surface area contributed by atoms with Gasteiger partial charge in [-0.3, -0.25) is 14.6 Å². The number of carbonyl (C=O) groups excluding carboxylic acids is 2.